The Balaban J connectivity index is 0.00000341. The van der Waals surface area contributed by atoms with Crippen LogP contribution in [0.25, 0.3) is 5.65 Å². The van der Waals surface area contributed by atoms with E-state index in [4.69, 9.17) is 9.47 Å². The zero-order valence-corrected chi connectivity index (χ0v) is 21.1. The number of aliphatic imine (C=N–C) groups is 1. The van der Waals surface area contributed by atoms with Crippen molar-refractivity contribution in [2.75, 3.05) is 20.3 Å². The van der Waals surface area contributed by atoms with E-state index in [1.807, 2.05) is 44.2 Å². The summed E-state index contributed by atoms with van der Waals surface area (Å²) in [7, 11) is 1.76. The van der Waals surface area contributed by atoms with Crippen molar-refractivity contribution in [3.63, 3.8) is 0 Å². The first-order valence-corrected chi connectivity index (χ1v) is 10.4. The lowest BCUT2D eigenvalue weighted by Crippen LogP contribution is -2.38. The minimum Gasteiger partial charge on any atom is -0.490 e. The number of hydrogen-bond acceptors (Lipinski definition) is 4. The van der Waals surface area contributed by atoms with Crippen LogP contribution in [0.2, 0.25) is 0 Å². The number of nitrogens with one attached hydrogen (secondary N) is 2. The van der Waals surface area contributed by atoms with Gasteiger partial charge in [0.05, 0.1) is 31.5 Å². The summed E-state index contributed by atoms with van der Waals surface area (Å²) in [6.45, 7) is 9.87. The average Bonchev–Trinajstić information content (AvgIpc) is 3.17. The molecule has 1 unspecified atom stereocenters. The fourth-order valence-corrected chi connectivity index (χ4v) is 3.28. The first-order chi connectivity index (χ1) is 14.5. The van der Waals surface area contributed by atoms with Crippen molar-refractivity contribution in [3.8, 4) is 11.5 Å². The van der Waals surface area contributed by atoms with Crippen molar-refractivity contribution in [3.05, 3.63) is 59.5 Å². The molecule has 8 heteroatoms. The van der Waals surface area contributed by atoms with Crippen LogP contribution in [0.3, 0.4) is 0 Å². The lowest BCUT2D eigenvalue weighted by Gasteiger charge is -2.19. The molecule has 0 spiro atoms. The van der Waals surface area contributed by atoms with E-state index in [0.717, 1.165) is 34.1 Å². The second kappa shape index (κ2) is 11.8. The summed E-state index contributed by atoms with van der Waals surface area (Å²) in [5.41, 5.74) is 4.15. The Morgan fingerprint density at radius 1 is 1.13 bits per heavy atom. The first-order valence-electron chi connectivity index (χ1n) is 10.4. The molecule has 0 aliphatic carbocycles. The van der Waals surface area contributed by atoms with E-state index >= 15 is 0 Å². The predicted octanol–water partition coefficient (Wildman–Crippen LogP) is 4.48. The van der Waals surface area contributed by atoms with Crippen LogP contribution in [0.4, 0.5) is 0 Å². The maximum atomic E-state index is 5.75. The zero-order chi connectivity index (χ0) is 21.5. The third kappa shape index (κ3) is 6.25. The average molecular weight is 537 g/mol. The van der Waals surface area contributed by atoms with Crippen molar-refractivity contribution in [1.29, 1.82) is 0 Å². The molecular weight excluding hydrogens is 505 g/mol. The predicted molar refractivity (Wildman–Crippen MR) is 136 cm³/mol. The van der Waals surface area contributed by atoms with E-state index in [9.17, 15) is 0 Å². The van der Waals surface area contributed by atoms with E-state index in [0.29, 0.717) is 25.7 Å². The maximum Gasteiger partial charge on any atom is 0.191 e. The number of benzene rings is 1. The molecule has 1 atom stereocenters. The Kier molecular flexibility index (Phi) is 9.42. The summed E-state index contributed by atoms with van der Waals surface area (Å²) in [6.07, 6.45) is 2.05. The van der Waals surface area contributed by atoms with Gasteiger partial charge in [-0.25, -0.2) is 4.98 Å². The van der Waals surface area contributed by atoms with Crippen molar-refractivity contribution in [2.24, 2.45) is 4.99 Å². The molecule has 0 bridgehead atoms. The third-order valence-corrected chi connectivity index (χ3v) is 4.83. The summed E-state index contributed by atoms with van der Waals surface area (Å²) in [4.78, 5) is 9.01. The Hall–Kier alpha value is -2.49. The molecule has 7 nitrogen and oxygen atoms in total. The minimum atomic E-state index is 0. The number of rotatable bonds is 8. The van der Waals surface area contributed by atoms with Crippen LogP contribution in [0, 0.1) is 6.92 Å². The van der Waals surface area contributed by atoms with Crippen molar-refractivity contribution in [1.82, 2.24) is 20.0 Å². The molecule has 0 aliphatic rings. The number of pyridine rings is 1. The van der Waals surface area contributed by atoms with Crippen molar-refractivity contribution >= 4 is 35.6 Å². The normalized spacial score (nSPS) is 12.2. The van der Waals surface area contributed by atoms with Crippen LogP contribution in [0.1, 0.15) is 43.8 Å². The smallest absolute Gasteiger partial charge is 0.191 e. The minimum absolute atomic E-state index is 0. The molecule has 3 rings (SSSR count). The number of hydrogen-bond donors (Lipinski definition) is 2. The molecule has 0 fully saturated rings. The molecule has 0 amide bonds. The second-order valence-electron chi connectivity index (χ2n) is 6.99. The number of imidazole rings is 1. The highest BCUT2D eigenvalue weighted by Crippen LogP contribution is 2.30. The molecular formula is C23H32IN5O2. The third-order valence-electron chi connectivity index (χ3n) is 4.83. The largest absolute Gasteiger partial charge is 0.490 e. The van der Waals surface area contributed by atoms with Gasteiger partial charge in [0.15, 0.2) is 17.5 Å². The molecule has 2 N–H and O–H groups in total. The highest BCUT2D eigenvalue weighted by molar-refractivity contribution is 14.0. The fraction of sp³-hybridized carbons (Fsp3) is 0.391. The number of ether oxygens (including phenoxy) is 2. The zero-order valence-electron chi connectivity index (χ0n) is 18.8. The van der Waals surface area contributed by atoms with Crippen molar-refractivity contribution in [2.45, 2.75) is 40.3 Å². The highest BCUT2D eigenvalue weighted by atomic mass is 127. The fourth-order valence-electron chi connectivity index (χ4n) is 3.28. The van der Waals surface area contributed by atoms with E-state index < -0.39 is 0 Å². The number of aryl methyl sites for hydroxylation is 1. The lowest BCUT2D eigenvalue weighted by atomic mass is 10.1. The SMILES string of the molecule is CCOc1ccc(C(C)NC(=NC)NCc2cn3c(C)cccc3n2)cc1OCC.I. The highest BCUT2D eigenvalue weighted by Gasteiger charge is 2.13. The molecule has 2 heterocycles. The quantitative estimate of drug-likeness (QED) is 0.252. The van der Waals surface area contributed by atoms with Gasteiger partial charge in [0.1, 0.15) is 5.65 Å². The Morgan fingerprint density at radius 3 is 2.55 bits per heavy atom. The monoisotopic (exact) mass is 537 g/mol. The summed E-state index contributed by atoms with van der Waals surface area (Å²) in [5.74, 6) is 2.23. The van der Waals surface area contributed by atoms with Gasteiger partial charge in [-0.05, 0) is 57.5 Å². The topological polar surface area (TPSA) is 72.2 Å². The van der Waals surface area contributed by atoms with Gasteiger partial charge in [-0.1, -0.05) is 12.1 Å². The molecule has 31 heavy (non-hydrogen) atoms. The number of aromatic nitrogens is 2. The molecule has 0 radical (unpaired) electrons. The molecule has 0 saturated carbocycles. The van der Waals surface area contributed by atoms with Gasteiger partial charge >= 0.3 is 0 Å². The van der Waals surface area contributed by atoms with Crippen molar-refractivity contribution < 1.29 is 9.47 Å². The van der Waals surface area contributed by atoms with Crippen LogP contribution in [0.5, 0.6) is 11.5 Å². The van der Waals surface area contributed by atoms with E-state index in [1.165, 1.54) is 0 Å². The van der Waals surface area contributed by atoms with E-state index in [2.05, 4.69) is 51.1 Å². The van der Waals surface area contributed by atoms with Crippen LogP contribution in [-0.2, 0) is 6.54 Å². The van der Waals surface area contributed by atoms with Gasteiger partial charge in [-0.15, -0.1) is 24.0 Å². The molecule has 3 aromatic rings. The summed E-state index contributed by atoms with van der Waals surface area (Å²) >= 11 is 0. The van der Waals surface area contributed by atoms with Crippen LogP contribution in [-0.4, -0.2) is 35.6 Å². The van der Waals surface area contributed by atoms with Crippen LogP contribution >= 0.6 is 24.0 Å². The van der Waals surface area contributed by atoms with Crippen LogP contribution < -0.4 is 20.1 Å². The Morgan fingerprint density at radius 2 is 1.87 bits per heavy atom. The lowest BCUT2D eigenvalue weighted by molar-refractivity contribution is 0.287. The summed E-state index contributed by atoms with van der Waals surface area (Å²) < 4.78 is 13.5. The first kappa shape index (κ1) is 24.8. The van der Waals surface area contributed by atoms with Crippen LogP contribution in [0.15, 0.2) is 47.6 Å². The molecule has 168 valence electrons. The van der Waals surface area contributed by atoms with Gasteiger partial charge in [0, 0.05) is 18.9 Å². The number of halogens is 1. The number of nitrogens with zero attached hydrogens (tertiary/aromatic N) is 3. The Labute approximate surface area is 201 Å². The second-order valence-corrected chi connectivity index (χ2v) is 6.99. The number of fused-ring (bicyclic) bond motifs is 1. The van der Waals surface area contributed by atoms with Gasteiger partial charge in [-0.2, -0.15) is 0 Å². The molecule has 0 aliphatic heterocycles. The maximum absolute atomic E-state index is 5.75. The molecule has 1 aromatic carbocycles. The van der Waals surface area contributed by atoms with Gasteiger partial charge < -0.3 is 24.5 Å². The van der Waals surface area contributed by atoms with E-state index in [1.54, 1.807) is 7.05 Å². The summed E-state index contributed by atoms with van der Waals surface area (Å²) in [6, 6.07) is 12.2. The van der Waals surface area contributed by atoms with Gasteiger partial charge in [0.25, 0.3) is 0 Å². The molecule has 2 aromatic heterocycles. The standard InChI is InChI=1S/C23H31N5O2.HI/c1-6-29-20-12-11-18(13-21(20)30-7-2)17(4)26-23(24-5)25-14-19-15-28-16(3)9-8-10-22(28)27-19;/h8-13,15,17H,6-7,14H2,1-5H3,(H2,24,25,26);1H. The van der Waals surface area contributed by atoms with E-state index in [-0.39, 0.29) is 30.0 Å². The molecule has 0 saturated heterocycles. The van der Waals surface area contributed by atoms with Gasteiger partial charge in [-0.3, -0.25) is 4.99 Å². The number of guanidine groups is 1. The summed E-state index contributed by atoms with van der Waals surface area (Å²) in [5, 5.41) is 6.77. The van der Waals surface area contributed by atoms with Gasteiger partial charge in [0.2, 0.25) is 0 Å². The Bertz CT molecular complexity index is 1020.